The standard InChI is InChI=1S/C29H23BrN2O3S/c1-2-35-20-11-8-19(9-12-20)27-22-13-10-18-5-3-4-6-21(18)26(22)31-29-32(27)28(34)25(36-29)16-17-7-14-24(33)23(30)15-17/h3-9,11-12,14-16,27,33H,2,10,13H2,1H3. The highest BCUT2D eigenvalue weighted by atomic mass is 79.9. The molecule has 7 heteroatoms. The lowest BCUT2D eigenvalue weighted by molar-refractivity contribution is 0.340. The van der Waals surface area contributed by atoms with E-state index in [1.54, 1.807) is 18.2 Å². The number of allylic oxidation sites excluding steroid dienone is 1. The second kappa shape index (κ2) is 9.22. The largest absolute Gasteiger partial charge is 0.507 e. The van der Waals surface area contributed by atoms with Crippen molar-refractivity contribution < 1.29 is 9.84 Å². The van der Waals surface area contributed by atoms with Gasteiger partial charge in [0, 0.05) is 5.56 Å². The molecule has 5 nitrogen and oxygen atoms in total. The van der Waals surface area contributed by atoms with Crippen LogP contribution in [0.5, 0.6) is 11.5 Å². The topological polar surface area (TPSA) is 63.8 Å². The number of aromatic nitrogens is 1. The Balaban J connectivity index is 1.58. The van der Waals surface area contributed by atoms with Crippen LogP contribution in [0.1, 0.15) is 41.6 Å². The van der Waals surface area contributed by atoms with Gasteiger partial charge in [0.05, 0.1) is 27.4 Å². The molecule has 1 atom stereocenters. The van der Waals surface area contributed by atoms with Gasteiger partial charge in [-0.1, -0.05) is 53.8 Å². The van der Waals surface area contributed by atoms with E-state index in [2.05, 4.69) is 46.3 Å². The van der Waals surface area contributed by atoms with Crippen molar-refractivity contribution in [3.63, 3.8) is 0 Å². The Morgan fingerprint density at radius 2 is 1.94 bits per heavy atom. The van der Waals surface area contributed by atoms with E-state index in [0.717, 1.165) is 41.0 Å². The molecular weight excluding hydrogens is 536 g/mol. The van der Waals surface area contributed by atoms with Gasteiger partial charge in [-0.3, -0.25) is 9.36 Å². The third-order valence-corrected chi connectivity index (χ3v) is 8.27. The van der Waals surface area contributed by atoms with Gasteiger partial charge < -0.3 is 9.84 Å². The Bertz CT molecular complexity index is 1700. The van der Waals surface area contributed by atoms with Crippen molar-refractivity contribution in [1.82, 2.24) is 4.57 Å². The molecule has 0 radical (unpaired) electrons. The average Bonchev–Trinajstić information content (AvgIpc) is 3.20. The van der Waals surface area contributed by atoms with Crippen molar-refractivity contribution >= 4 is 39.0 Å². The molecule has 1 unspecified atom stereocenters. The van der Waals surface area contributed by atoms with Gasteiger partial charge in [0.2, 0.25) is 0 Å². The van der Waals surface area contributed by atoms with E-state index in [1.807, 2.05) is 35.8 Å². The van der Waals surface area contributed by atoms with Crippen LogP contribution in [0, 0.1) is 0 Å². The first-order valence-electron chi connectivity index (χ1n) is 11.9. The summed E-state index contributed by atoms with van der Waals surface area (Å²) < 4.78 is 8.69. The number of aromatic hydroxyl groups is 1. The van der Waals surface area contributed by atoms with E-state index >= 15 is 0 Å². The molecule has 1 aromatic heterocycles. The molecular formula is C29H23BrN2O3S. The number of thiazole rings is 1. The van der Waals surface area contributed by atoms with Gasteiger partial charge >= 0.3 is 0 Å². The summed E-state index contributed by atoms with van der Waals surface area (Å²) in [7, 11) is 0. The Labute approximate surface area is 220 Å². The Kier molecular flexibility index (Phi) is 5.90. The minimum Gasteiger partial charge on any atom is -0.507 e. The number of phenolic OH excluding ortho intramolecular Hbond substituents is 1. The maximum atomic E-state index is 13.8. The van der Waals surface area contributed by atoms with Gasteiger partial charge in [-0.05, 0) is 88.3 Å². The molecule has 2 heterocycles. The summed E-state index contributed by atoms with van der Waals surface area (Å²) in [5, 5.41) is 9.86. The summed E-state index contributed by atoms with van der Waals surface area (Å²) in [6.07, 6.45) is 3.63. The van der Waals surface area contributed by atoms with Crippen molar-refractivity contribution in [2.45, 2.75) is 25.8 Å². The van der Waals surface area contributed by atoms with Crippen LogP contribution in [0.25, 0.3) is 11.8 Å². The smallest absolute Gasteiger partial charge is 0.271 e. The van der Waals surface area contributed by atoms with Crippen LogP contribution >= 0.6 is 27.3 Å². The number of benzene rings is 3. The fourth-order valence-corrected chi connectivity index (χ4v) is 6.40. The van der Waals surface area contributed by atoms with Crippen molar-refractivity contribution in [2.24, 2.45) is 4.99 Å². The molecule has 0 saturated heterocycles. The highest BCUT2D eigenvalue weighted by molar-refractivity contribution is 9.10. The first-order chi connectivity index (χ1) is 17.5. The molecule has 0 bridgehead atoms. The normalized spacial score (nSPS) is 16.7. The molecule has 1 aliphatic carbocycles. The molecule has 0 fully saturated rings. The third-order valence-electron chi connectivity index (χ3n) is 6.65. The number of hydrogen-bond donors (Lipinski definition) is 1. The van der Waals surface area contributed by atoms with Gasteiger partial charge in [-0.2, -0.15) is 0 Å². The van der Waals surface area contributed by atoms with E-state index in [-0.39, 0.29) is 17.4 Å². The minimum atomic E-state index is -0.228. The first kappa shape index (κ1) is 23.0. The van der Waals surface area contributed by atoms with E-state index in [4.69, 9.17) is 9.73 Å². The lowest BCUT2D eigenvalue weighted by Gasteiger charge is -2.30. The second-order valence-electron chi connectivity index (χ2n) is 8.83. The van der Waals surface area contributed by atoms with Crippen molar-refractivity contribution in [3.05, 3.63) is 119 Å². The predicted octanol–water partition coefficient (Wildman–Crippen LogP) is 5.19. The first-order valence-corrected chi connectivity index (χ1v) is 13.5. The number of ether oxygens (including phenoxy) is 1. The Morgan fingerprint density at radius 1 is 1.14 bits per heavy atom. The van der Waals surface area contributed by atoms with Crippen LogP contribution in [0.2, 0.25) is 0 Å². The summed E-state index contributed by atoms with van der Waals surface area (Å²) in [6, 6.07) is 21.5. The zero-order valence-corrected chi connectivity index (χ0v) is 22.0. The van der Waals surface area contributed by atoms with Gasteiger partial charge in [-0.15, -0.1) is 0 Å². The average molecular weight is 559 g/mol. The number of nitrogens with zero attached hydrogens (tertiary/aromatic N) is 2. The van der Waals surface area contributed by atoms with E-state index in [9.17, 15) is 9.90 Å². The van der Waals surface area contributed by atoms with Gasteiger partial charge in [0.15, 0.2) is 4.80 Å². The van der Waals surface area contributed by atoms with Crippen LogP contribution in [-0.2, 0) is 6.42 Å². The second-order valence-corrected chi connectivity index (χ2v) is 10.7. The van der Waals surface area contributed by atoms with Crippen LogP contribution in [0.15, 0.2) is 86.6 Å². The van der Waals surface area contributed by atoms with E-state index in [1.165, 1.54) is 22.5 Å². The molecule has 0 spiro atoms. The fraction of sp³-hybridized carbons (Fsp3) is 0.172. The molecule has 0 amide bonds. The predicted molar refractivity (Wildman–Crippen MR) is 146 cm³/mol. The number of halogens is 1. The SMILES string of the molecule is CCOc1ccc(C2C3=C(N=c4sc(=Cc5ccc(O)c(Br)c5)c(=O)n42)c2ccccc2CC3)cc1. The number of aryl methyl sites for hydroxylation is 1. The summed E-state index contributed by atoms with van der Waals surface area (Å²) >= 11 is 4.76. The van der Waals surface area contributed by atoms with Gasteiger partial charge in [0.25, 0.3) is 5.56 Å². The van der Waals surface area contributed by atoms with Crippen LogP contribution in [0.4, 0.5) is 0 Å². The number of rotatable bonds is 4. The highest BCUT2D eigenvalue weighted by Crippen LogP contribution is 2.41. The molecule has 6 rings (SSSR count). The van der Waals surface area contributed by atoms with Crippen LogP contribution in [-0.4, -0.2) is 16.3 Å². The van der Waals surface area contributed by atoms with Gasteiger partial charge in [0.1, 0.15) is 11.5 Å². The number of fused-ring (bicyclic) bond motifs is 3. The van der Waals surface area contributed by atoms with E-state index < -0.39 is 0 Å². The lowest BCUT2D eigenvalue weighted by atomic mass is 9.83. The highest BCUT2D eigenvalue weighted by Gasteiger charge is 2.32. The van der Waals surface area contributed by atoms with Crippen LogP contribution < -0.4 is 19.6 Å². The molecule has 1 aliphatic heterocycles. The molecule has 36 heavy (non-hydrogen) atoms. The maximum absolute atomic E-state index is 13.8. The van der Waals surface area contributed by atoms with Crippen molar-refractivity contribution in [3.8, 4) is 11.5 Å². The van der Waals surface area contributed by atoms with E-state index in [0.29, 0.717) is 20.4 Å². The quantitative estimate of drug-likeness (QED) is 0.375. The molecule has 180 valence electrons. The Hall–Kier alpha value is -3.42. The lowest BCUT2D eigenvalue weighted by Crippen LogP contribution is -2.38. The summed E-state index contributed by atoms with van der Waals surface area (Å²) in [4.78, 5) is 19.6. The fourth-order valence-electron chi connectivity index (χ4n) is 5.00. The minimum absolute atomic E-state index is 0.0627. The third kappa shape index (κ3) is 3.92. The molecule has 0 saturated carbocycles. The van der Waals surface area contributed by atoms with Crippen molar-refractivity contribution in [2.75, 3.05) is 6.61 Å². The summed E-state index contributed by atoms with van der Waals surface area (Å²) in [6.45, 7) is 2.57. The maximum Gasteiger partial charge on any atom is 0.271 e. The molecule has 3 aromatic carbocycles. The monoisotopic (exact) mass is 558 g/mol. The van der Waals surface area contributed by atoms with Crippen LogP contribution in [0.3, 0.4) is 0 Å². The zero-order valence-electron chi connectivity index (χ0n) is 19.6. The number of hydrogen-bond acceptors (Lipinski definition) is 5. The van der Waals surface area contributed by atoms with Gasteiger partial charge in [-0.25, -0.2) is 4.99 Å². The summed E-state index contributed by atoms with van der Waals surface area (Å²) in [5.74, 6) is 0.977. The summed E-state index contributed by atoms with van der Waals surface area (Å²) in [5.41, 5.74) is 6.40. The molecule has 2 aliphatic rings. The van der Waals surface area contributed by atoms with Crippen molar-refractivity contribution in [1.29, 1.82) is 0 Å². The Morgan fingerprint density at radius 3 is 2.72 bits per heavy atom. The zero-order chi connectivity index (χ0) is 24.8. The number of phenols is 1. The molecule has 4 aromatic rings. The molecule has 1 N–H and O–H groups in total.